The molecular weight excluding hydrogens is 372 g/mol. The monoisotopic (exact) mass is 390 g/mol. The van der Waals surface area contributed by atoms with Crippen LogP contribution >= 0.6 is 31.9 Å². The van der Waals surface area contributed by atoms with E-state index >= 15 is 0 Å². The molecule has 2 aliphatic heterocycles. The lowest BCUT2D eigenvalue weighted by Crippen LogP contribution is -2.34. The van der Waals surface area contributed by atoms with E-state index in [4.69, 9.17) is 9.47 Å². The van der Waals surface area contributed by atoms with E-state index < -0.39 is 0 Å². The number of fused-ring (bicyclic) bond motifs is 1. The van der Waals surface area contributed by atoms with E-state index in [9.17, 15) is 0 Å². The Kier molecular flexibility index (Phi) is 6.37. The van der Waals surface area contributed by atoms with Gasteiger partial charge in [0.25, 0.3) is 0 Å². The van der Waals surface area contributed by atoms with Crippen molar-refractivity contribution < 1.29 is 9.47 Å². The van der Waals surface area contributed by atoms with E-state index in [1.165, 1.54) is 0 Å². The van der Waals surface area contributed by atoms with Crippen LogP contribution in [-0.2, 0) is 9.47 Å². The summed E-state index contributed by atoms with van der Waals surface area (Å²) in [5.74, 6) is 0. The Balaban J connectivity index is 2.04. The van der Waals surface area contributed by atoms with Gasteiger partial charge in [0, 0.05) is 16.2 Å². The molecule has 19 heavy (non-hydrogen) atoms. The minimum atomic E-state index is 0.117. The number of alkyl halides is 1. The van der Waals surface area contributed by atoms with Gasteiger partial charge >= 0.3 is 0 Å². The third-order valence-corrected chi connectivity index (χ3v) is 5.12. The lowest BCUT2D eigenvalue weighted by molar-refractivity contribution is -0.0540. The molecule has 0 aromatic carbocycles. The summed E-state index contributed by atoms with van der Waals surface area (Å²) < 4.78 is 12.3. The van der Waals surface area contributed by atoms with Crippen molar-refractivity contribution >= 4 is 31.9 Å². The van der Waals surface area contributed by atoms with Crippen molar-refractivity contribution in [2.75, 3.05) is 0 Å². The van der Waals surface area contributed by atoms with Gasteiger partial charge in [0.1, 0.15) is 0 Å². The molecule has 1 fully saturated rings. The fraction of sp³-hybridized carbons (Fsp3) is 0.667. The number of ether oxygens (including phenoxy) is 2. The van der Waals surface area contributed by atoms with Crippen LogP contribution in [0.15, 0.2) is 28.9 Å². The Labute approximate surface area is 132 Å². The van der Waals surface area contributed by atoms with Crippen LogP contribution in [0.1, 0.15) is 32.6 Å². The summed E-state index contributed by atoms with van der Waals surface area (Å²) in [6.07, 6.45) is 11.1. The molecule has 0 N–H and O–H groups in total. The van der Waals surface area contributed by atoms with E-state index in [1.54, 1.807) is 4.99 Å². The summed E-state index contributed by atoms with van der Waals surface area (Å²) in [6.45, 7) is 2.18. The second-order valence-corrected chi connectivity index (χ2v) is 6.61. The number of rotatable bonds is 3. The van der Waals surface area contributed by atoms with Crippen LogP contribution in [0.2, 0.25) is 0 Å². The molecule has 0 bridgehead atoms. The van der Waals surface area contributed by atoms with Crippen molar-refractivity contribution in [1.82, 2.24) is 0 Å². The highest BCUT2D eigenvalue weighted by Gasteiger charge is 2.37. The molecular formula is C15H20Br2O2. The van der Waals surface area contributed by atoms with Gasteiger partial charge in [0.05, 0.1) is 24.4 Å². The van der Waals surface area contributed by atoms with E-state index in [-0.39, 0.29) is 24.4 Å². The Bertz CT molecular complexity index is 374. The van der Waals surface area contributed by atoms with Gasteiger partial charge in [-0.25, -0.2) is 0 Å². The van der Waals surface area contributed by atoms with Crippen molar-refractivity contribution in [2.45, 2.75) is 61.9 Å². The molecule has 0 amide bonds. The van der Waals surface area contributed by atoms with Gasteiger partial charge in [-0.3, -0.25) is 0 Å². The molecule has 0 aromatic rings. The molecule has 2 heterocycles. The summed E-state index contributed by atoms with van der Waals surface area (Å²) in [6, 6.07) is 0. The fourth-order valence-electron chi connectivity index (χ4n) is 2.59. The van der Waals surface area contributed by atoms with E-state index in [0.29, 0.717) is 4.83 Å². The molecule has 2 aliphatic rings. The van der Waals surface area contributed by atoms with Gasteiger partial charge < -0.3 is 9.47 Å². The zero-order chi connectivity index (χ0) is 13.7. The Morgan fingerprint density at radius 2 is 2.11 bits per heavy atom. The van der Waals surface area contributed by atoms with Crippen molar-refractivity contribution in [3.05, 3.63) is 28.9 Å². The molecule has 0 aromatic heterocycles. The lowest BCUT2D eigenvalue weighted by Gasteiger charge is -2.28. The summed E-state index contributed by atoms with van der Waals surface area (Å²) >= 11 is 6.95. The summed E-state index contributed by atoms with van der Waals surface area (Å²) in [7, 11) is 0. The maximum absolute atomic E-state index is 6.29. The molecule has 0 aliphatic carbocycles. The first kappa shape index (κ1) is 15.5. The zero-order valence-electron chi connectivity index (χ0n) is 11.1. The van der Waals surface area contributed by atoms with E-state index in [0.717, 1.165) is 25.7 Å². The standard InChI is InChI=1S/C15H20Br2O2/c1-2-12(17)13-7-3-4-8-14-15(19-13)10-11(18-14)6-5-9-16/h3-4,6,9,11-15H,2,7-8,10H2,1H3/b4-3-/t5?,11-,12-,13-,14-,15+/m1/s1. The summed E-state index contributed by atoms with van der Waals surface area (Å²) in [5, 5.41) is 0. The number of halogens is 2. The molecule has 0 unspecified atom stereocenters. The van der Waals surface area contributed by atoms with Crippen molar-refractivity contribution in [3.63, 3.8) is 0 Å². The van der Waals surface area contributed by atoms with Crippen LogP contribution in [-0.4, -0.2) is 29.2 Å². The molecule has 5 atom stereocenters. The second kappa shape index (κ2) is 7.80. The highest BCUT2D eigenvalue weighted by molar-refractivity contribution is 9.11. The number of hydrogen-bond acceptors (Lipinski definition) is 2. The average molecular weight is 392 g/mol. The van der Waals surface area contributed by atoms with Crippen molar-refractivity contribution in [2.24, 2.45) is 0 Å². The first-order valence-electron chi connectivity index (χ1n) is 6.85. The summed E-state index contributed by atoms with van der Waals surface area (Å²) in [5.41, 5.74) is 3.04. The smallest absolute Gasteiger partial charge is 0.0880 e. The zero-order valence-corrected chi connectivity index (χ0v) is 14.3. The molecule has 1 saturated heterocycles. The molecule has 2 rings (SSSR count). The fourth-order valence-corrected chi connectivity index (χ4v) is 3.08. The third kappa shape index (κ3) is 4.30. The third-order valence-electron chi connectivity index (χ3n) is 3.62. The van der Waals surface area contributed by atoms with Gasteiger partial charge in [-0.05, 0) is 25.3 Å². The van der Waals surface area contributed by atoms with Gasteiger partial charge in [-0.2, -0.15) is 0 Å². The molecule has 4 heteroatoms. The maximum atomic E-state index is 6.29. The average Bonchev–Trinajstić information content (AvgIpc) is 2.77. The van der Waals surface area contributed by atoms with Crippen LogP contribution in [0.3, 0.4) is 0 Å². The minimum absolute atomic E-state index is 0.117. The largest absolute Gasteiger partial charge is 0.371 e. The quantitative estimate of drug-likeness (QED) is 0.401. The second-order valence-electron chi connectivity index (χ2n) is 4.97. The minimum Gasteiger partial charge on any atom is -0.371 e. The SMILES string of the molecule is CC[C@@H](Br)[C@H]1C/C=C\C[C@H]2O[C@H](C=C=CBr)C[C@@H]2O1. The highest BCUT2D eigenvalue weighted by Crippen LogP contribution is 2.31. The normalized spacial score (nSPS) is 37.4. The summed E-state index contributed by atoms with van der Waals surface area (Å²) in [4.78, 5) is 2.14. The van der Waals surface area contributed by atoms with E-state index in [1.807, 2.05) is 6.08 Å². The van der Waals surface area contributed by atoms with Crippen LogP contribution < -0.4 is 0 Å². The first-order chi connectivity index (χ1) is 9.24. The van der Waals surface area contributed by atoms with Crippen LogP contribution in [0.4, 0.5) is 0 Å². The van der Waals surface area contributed by atoms with Crippen LogP contribution in [0.5, 0.6) is 0 Å². The van der Waals surface area contributed by atoms with E-state index in [2.05, 4.69) is 56.7 Å². The Morgan fingerprint density at radius 1 is 1.32 bits per heavy atom. The first-order valence-corrected chi connectivity index (χ1v) is 8.69. The lowest BCUT2D eigenvalue weighted by atomic mass is 10.0. The van der Waals surface area contributed by atoms with Gasteiger partial charge in [-0.1, -0.05) is 50.9 Å². The van der Waals surface area contributed by atoms with Crippen molar-refractivity contribution in [3.8, 4) is 0 Å². The molecule has 106 valence electrons. The molecule has 2 nitrogen and oxygen atoms in total. The molecule has 0 radical (unpaired) electrons. The highest BCUT2D eigenvalue weighted by atomic mass is 79.9. The van der Waals surface area contributed by atoms with Gasteiger partial charge in [-0.15, -0.1) is 5.73 Å². The van der Waals surface area contributed by atoms with Crippen molar-refractivity contribution in [1.29, 1.82) is 0 Å². The predicted octanol–water partition coefficient (Wildman–Crippen LogP) is 4.48. The molecule has 0 spiro atoms. The maximum Gasteiger partial charge on any atom is 0.0880 e. The van der Waals surface area contributed by atoms with Crippen LogP contribution in [0, 0.1) is 0 Å². The topological polar surface area (TPSA) is 18.5 Å². The van der Waals surface area contributed by atoms with Crippen LogP contribution in [0.25, 0.3) is 0 Å². The van der Waals surface area contributed by atoms with Gasteiger partial charge in [0.15, 0.2) is 0 Å². The molecule has 0 saturated carbocycles. The Morgan fingerprint density at radius 3 is 2.84 bits per heavy atom. The number of hydrogen-bond donors (Lipinski definition) is 0. The van der Waals surface area contributed by atoms with Gasteiger partial charge in [0.2, 0.25) is 0 Å². The predicted molar refractivity (Wildman–Crippen MR) is 84.9 cm³/mol. The Hall–Kier alpha value is 0.140.